The van der Waals surface area contributed by atoms with Crippen LogP contribution in [0.15, 0.2) is 24.3 Å². The molecule has 102 valence electrons. The number of amides is 1. The number of nitrogens with one attached hydrogen (secondary N) is 1. The minimum Gasteiger partial charge on any atom is -0.494 e. The smallest absolute Gasteiger partial charge is 0.234 e. The van der Waals surface area contributed by atoms with E-state index in [9.17, 15) is 4.79 Å². The SMILES string of the molecule is CCOc1ccc(C(C)(C)CNC(=O)CC#N)cc1. The maximum absolute atomic E-state index is 11.3. The number of rotatable bonds is 6. The summed E-state index contributed by atoms with van der Waals surface area (Å²) in [5, 5.41) is 11.2. The Balaban J connectivity index is 2.66. The second-order valence-corrected chi connectivity index (χ2v) is 4.95. The topological polar surface area (TPSA) is 62.1 Å². The zero-order chi connectivity index (χ0) is 14.3. The molecule has 1 rings (SSSR count). The molecule has 0 aliphatic rings. The largest absolute Gasteiger partial charge is 0.494 e. The summed E-state index contributed by atoms with van der Waals surface area (Å²) in [6, 6.07) is 9.70. The summed E-state index contributed by atoms with van der Waals surface area (Å²) >= 11 is 0. The molecule has 4 nitrogen and oxygen atoms in total. The van der Waals surface area contributed by atoms with Gasteiger partial charge in [0.25, 0.3) is 0 Å². The van der Waals surface area contributed by atoms with E-state index < -0.39 is 0 Å². The van der Waals surface area contributed by atoms with Gasteiger partial charge in [0.2, 0.25) is 5.91 Å². The first-order valence-corrected chi connectivity index (χ1v) is 6.36. The van der Waals surface area contributed by atoms with Crippen LogP contribution >= 0.6 is 0 Å². The molecule has 0 saturated carbocycles. The Morgan fingerprint density at radius 2 is 2.00 bits per heavy atom. The van der Waals surface area contributed by atoms with Gasteiger partial charge in [-0.05, 0) is 24.6 Å². The summed E-state index contributed by atoms with van der Waals surface area (Å²) in [5.41, 5.74) is 0.934. The molecule has 4 heteroatoms. The molecule has 0 aliphatic heterocycles. The van der Waals surface area contributed by atoms with Crippen molar-refractivity contribution < 1.29 is 9.53 Å². The van der Waals surface area contributed by atoms with Crippen LogP contribution in [-0.4, -0.2) is 19.1 Å². The zero-order valence-corrected chi connectivity index (χ0v) is 11.7. The molecular weight excluding hydrogens is 240 g/mol. The quantitative estimate of drug-likeness (QED) is 0.854. The highest BCUT2D eigenvalue weighted by Gasteiger charge is 2.21. The summed E-state index contributed by atoms with van der Waals surface area (Å²) in [4.78, 5) is 11.3. The first-order valence-electron chi connectivity index (χ1n) is 6.36. The van der Waals surface area contributed by atoms with Gasteiger partial charge in [0.15, 0.2) is 0 Å². The number of nitrogens with zero attached hydrogens (tertiary/aromatic N) is 1. The summed E-state index contributed by atoms with van der Waals surface area (Å²) in [6.45, 7) is 7.20. The maximum Gasteiger partial charge on any atom is 0.234 e. The van der Waals surface area contributed by atoms with E-state index in [0.29, 0.717) is 13.2 Å². The van der Waals surface area contributed by atoms with E-state index in [1.807, 2.05) is 37.3 Å². The van der Waals surface area contributed by atoms with E-state index in [4.69, 9.17) is 10.00 Å². The van der Waals surface area contributed by atoms with Crippen molar-refractivity contribution in [1.82, 2.24) is 5.32 Å². The molecule has 1 aromatic carbocycles. The molecular formula is C15H20N2O2. The van der Waals surface area contributed by atoms with Gasteiger partial charge in [-0.25, -0.2) is 0 Å². The third-order valence-corrected chi connectivity index (χ3v) is 2.91. The molecule has 0 bridgehead atoms. The number of ether oxygens (including phenoxy) is 1. The summed E-state index contributed by atoms with van der Waals surface area (Å²) in [5.74, 6) is 0.608. The van der Waals surface area contributed by atoms with Crippen molar-refractivity contribution in [2.24, 2.45) is 0 Å². The van der Waals surface area contributed by atoms with Gasteiger partial charge in [-0.3, -0.25) is 4.79 Å². The molecule has 0 saturated heterocycles. The minimum absolute atomic E-state index is 0.0979. The first-order chi connectivity index (χ1) is 8.99. The van der Waals surface area contributed by atoms with Crippen molar-refractivity contribution >= 4 is 5.91 Å². The Bertz CT molecular complexity index is 458. The van der Waals surface area contributed by atoms with Crippen LogP contribution < -0.4 is 10.1 Å². The Morgan fingerprint density at radius 1 is 1.37 bits per heavy atom. The van der Waals surface area contributed by atoms with Gasteiger partial charge in [-0.1, -0.05) is 26.0 Å². The Hall–Kier alpha value is -2.02. The van der Waals surface area contributed by atoms with Gasteiger partial charge in [-0.15, -0.1) is 0 Å². The van der Waals surface area contributed by atoms with Crippen LogP contribution in [0.2, 0.25) is 0 Å². The predicted octanol–water partition coefficient (Wildman–Crippen LogP) is 2.39. The van der Waals surface area contributed by atoms with Crippen molar-refractivity contribution in [3.8, 4) is 11.8 Å². The molecule has 0 radical (unpaired) electrons. The van der Waals surface area contributed by atoms with E-state index in [1.165, 1.54) is 0 Å². The van der Waals surface area contributed by atoms with Crippen molar-refractivity contribution in [2.45, 2.75) is 32.6 Å². The molecule has 1 aromatic rings. The van der Waals surface area contributed by atoms with Gasteiger partial charge in [-0.2, -0.15) is 5.26 Å². The molecule has 0 spiro atoms. The van der Waals surface area contributed by atoms with Crippen LogP contribution in [0.25, 0.3) is 0 Å². The minimum atomic E-state index is -0.235. The van der Waals surface area contributed by atoms with Crippen molar-refractivity contribution in [1.29, 1.82) is 5.26 Å². The zero-order valence-electron chi connectivity index (χ0n) is 11.7. The number of hydrogen-bond donors (Lipinski definition) is 1. The summed E-state index contributed by atoms with van der Waals surface area (Å²) < 4.78 is 5.40. The van der Waals surface area contributed by atoms with Crippen LogP contribution in [0.4, 0.5) is 0 Å². The van der Waals surface area contributed by atoms with Crippen molar-refractivity contribution in [3.63, 3.8) is 0 Å². The lowest BCUT2D eigenvalue weighted by molar-refractivity contribution is -0.120. The second kappa shape index (κ2) is 6.79. The van der Waals surface area contributed by atoms with Crippen LogP contribution in [-0.2, 0) is 10.2 Å². The standard InChI is InChI=1S/C15H20N2O2/c1-4-19-13-7-5-12(6-8-13)15(2,3)11-17-14(18)9-10-16/h5-8H,4,9,11H2,1-3H3,(H,17,18). The van der Waals surface area contributed by atoms with Gasteiger partial charge < -0.3 is 10.1 Å². The van der Waals surface area contributed by atoms with E-state index in [2.05, 4.69) is 19.2 Å². The van der Waals surface area contributed by atoms with Crippen LogP contribution in [0.3, 0.4) is 0 Å². The average Bonchev–Trinajstić information content (AvgIpc) is 2.38. The van der Waals surface area contributed by atoms with Gasteiger partial charge in [0, 0.05) is 12.0 Å². The lowest BCUT2D eigenvalue weighted by atomic mass is 9.84. The number of nitriles is 1. The molecule has 19 heavy (non-hydrogen) atoms. The van der Waals surface area contributed by atoms with Gasteiger partial charge in [0.1, 0.15) is 12.2 Å². The molecule has 0 heterocycles. The third kappa shape index (κ3) is 4.63. The van der Waals surface area contributed by atoms with Crippen molar-refractivity contribution in [2.75, 3.05) is 13.2 Å². The number of hydrogen-bond acceptors (Lipinski definition) is 3. The molecule has 1 N–H and O–H groups in total. The fourth-order valence-electron chi connectivity index (χ4n) is 1.72. The van der Waals surface area contributed by atoms with E-state index >= 15 is 0 Å². The molecule has 0 fully saturated rings. The van der Waals surface area contributed by atoms with E-state index in [-0.39, 0.29) is 17.7 Å². The predicted molar refractivity (Wildman–Crippen MR) is 73.9 cm³/mol. The highest BCUT2D eigenvalue weighted by molar-refractivity contribution is 5.78. The monoisotopic (exact) mass is 260 g/mol. The highest BCUT2D eigenvalue weighted by Crippen LogP contribution is 2.24. The van der Waals surface area contributed by atoms with Gasteiger partial charge in [0.05, 0.1) is 12.7 Å². The van der Waals surface area contributed by atoms with E-state index in [1.54, 1.807) is 0 Å². The molecule has 0 aliphatic carbocycles. The molecule has 0 atom stereocenters. The number of carbonyl (C=O) groups excluding carboxylic acids is 1. The fraction of sp³-hybridized carbons (Fsp3) is 0.467. The molecule has 0 aromatic heterocycles. The Kier molecular flexibility index (Phi) is 5.37. The summed E-state index contributed by atoms with van der Waals surface area (Å²) in [7, 11) is 0. The van der Waals surface area contributed by atoms with Crippen molar-refractivity contribution in [3.05, 3.63) is 29.8 Å². The number of benzene rings is 1. The Morgan fingerprint density at radius 3 is 2.53 bits per heavy atom. The second-order valence-electron chi connectivity index (χ2n) is 4.95. The van der Waals surface area contributed by atoms with Crippen LogP contribution in [0.5, 0.6) is 5.75 Å². The average molecular weight is 260 g/mol. The normalized spacial score (nSPS) is 10.6. The van der Waals surface area contributed by atoms with E-state index in [0.717, 1.165) is 11.3 Å². The fourth-order valence-corrected chi connectivity index (χ4v) is 1.72. The Labute approximate surface area is 114 Å². The lowest BCUT2D eigenvalue weighted by Crippen LogP contribution is -2.36. The van der Waals surface area contributed by atoms with Crippen LogP contribution in [0, 0.1) is 11.3 Å². The lowest BCUT2D eigenvalue weighted by Gasteiger charge is -2.25. The molecule has 0 unspecified atom stereocenters. The first kappa shape index (κ1) is 15.0. The third-order valence-electron chi connectivity index (χ3n) is 2.91. The van der Waals surface area contributed by atoms with Crippen LogP contribution in [0.1, 0.15) is 32.8 Å². The number of carbonyl (C=O) groups is 1. The highest BCUT2D eigenvalue weighted by atomic mass is 16.5. The molecule has 1 amide bonds. The summed E-state index contributed by atoms with van der Waals surface area (Å²) in [6.07, 6.45) is -0.0979. The maximum atomic E-state index is 11.3. The van der Waals surface area contributed by atoms with Gasteiger partial charge >= 0.3 is 0 Å².